The number of halogens is 1. The van der Waals surface area contributed by atoms with Gasteiger partial charge in [-0.2, -0.15) is 0 Å². The van der Waals surface area contributed by atoms with Gasteiger partial charge < -0.3 is 15.4 Å². The monoisotopic (exact) mass is 264 g/mol. The van der Waals surface area contributed by atoms with Crippen LogP contribution in [0.25, 0.3) is 0 Å². The molecule has 1 amide bonds. The summed E-state index contributed by atoms with van der Waals surface area (Å²) in [6.45, 7) is 7.28. The number of hydrogen-bond acceptors (Lipinski definition) is 3. The zero-order valence-electron chi connectivity index (χ0n) is 10.8. The Morgan fingerprint density at radius 1 is 1.59 bits per heavy atom. The summed E-state index contributed by atoms with van der Waals surface area (Å²) in [6.07, 6.45) is 3.28. The Bertz CT molecular complexity index is 209. The predicted molar refractivity (Wildman–Crippen MR) is 71.6 cm³/mol. The Morgan fingerprint density at radius 2 is 2.35 bits per heavy atom. The Morgan fingerprint density at radius 3 is 2.94 bits per heavy atom. The molecule has 1 fully saturated rings. The molecule has 2 N–H and O–H groups in total. The molecule has 2 unspecified atom stereocenters. The van der Waals surface area contributed by atoms with Crippen molar-refractivity contribution in [1.82, 2.24) is 10.6 Å². The summed E-state index contributed by atoms with van der Waals surface area (Å²) in [4.78, 5) is 11.5. The van der Waals surface area contributed by atoms with Gasteiger partial charge in [0.1, 0.15) is 6.10 Å². The molecule has 1 aliphatic rings. The molecular weight excluding hydrogens is 240 g/mol. The van der Waals surface area contributed by atoms with Crippen molar-refractivity contribution in [3.05, 3.63) is 0 Å². The van der Waals surface area contributed by atoms with E-state index in [1.54, 1.807) is 6.92 Å². The van der Waals surface area contributed by atoms with E-state index in [4.69, 9.17) is 4.74 Å². The molecule has 0 radical (unpaired) electrons. The minimum absolute atomic E-state index is 0. The van der Waals surface area contributed by atoms with E-state index in [2.05, 4.69) is 10.6 Å². The van der Waals surface area contributed by atoms with Crippen molar-refractivity contribution in [2.45, 2.75) is 39.2 Å². The number of rotatable bonds is 6. The summed E-state index contributed by atoms with van der Waals surface area (Å²) in [5.41, 5.74) is 0. The highest BCUT2D eigenvalue weighted by Crippen LogP contribution is 2.12. The largest absolute Gasteiger partial charge is 0.369 e. The van der Waals surface area contributed by atoms with Gasteiger partial charge in [-0.1, -0.05) is 0 Å². The lowest BCUT2D eigenvalue weighted by Crippen LogP contribution is -2.37. The van der Waals surface area contributed by atoms with Gasteiger partial charge in [0.25, 0.3) is 0 Å². The van der Waals surface area contributed by atoms with E-state index in [1.165, 1.54) is 12.8 Å². The Kier molecular flexibility index (Phi) is 9.50. The van der Waals surface area contributed by atoms with E-state index in [9.17, 15) is 4.79 Å². The van der Waals surface area contributed by atoms with Gasteiger partial charge in [0, 0.05) is 13.2 Å². The minimum atomic E-state index is -0.325. The van der Waals surface area contributed by atoms with E-state index < -0.39 is 0 Å². The third-order valence-electron chi connectivity index (χ3n) is 3.04. The predicted octanol–water partition coefficient (Wildman–Crippen LogP) is 1.34. The molecule has 1 rings (SSSR count). The van der Waals surface area contributed by atoms with Crippen LogP contribution in [0, 0.1) is 5.92 Å². The molecule has 0 bridgehead atoms. The van der Waals surface area contributed by atoms with E-state index >= 15 is 0 Å². The van der Waals surface area contributed by atoms with Crippen LogP contribution in [0.4, 0.5) is 0 Å². The van der Waals surface area contributed by atoms with Gasteiger partial charge in [0.15, 0.2) is 0 Å². The van der Waals surface area contributed by atoms with Crippen LogP contribution >= 0.6 is 12.4 Å². The van der Waals surface area contributed by atoms with Crippen LogP contribution in [-0.2, 0) is 9.53 Å². The van der Waals surface area contributed by atoms with Crippen LogP contribution in [0.3, 0.4) is 0 Å². The Balaban J connectivity index is 0.00000256. The van der Waals surface area contributed by atoms with E-state index in [0.717, 1.165) is 32.0 Å². The molecule has 0 aromatic rings. The summed E-state index contributed by atoms with van der Waals surface area (Å²) < 4.78 is 5.22. The van der Waals surface area contributed by atoms with Crippen molar-refractivity contribution in [2.75, 3.05) is 26.2 Å². The number of carbonyl (C=O) groups is 1. The third kappa shape index (κ3) is 6.86. The fourth-order valence-electron chi connectivity index (χ4n) is 2.04. The van der Waals surface area contributed by atoms with E-state index in [0.29, 0.717) is 6.61 Å². The van der Waals surface area contributed by atoms with Gasteiger partial charge in [-0.05, 0) is 52.1 Å². The second-order valence-electron chi connectivity index (χ2n) is 4.39. The number of hydrogen-bond donors (Lipinski definition) is 2. The van der Waals surface area contributed by atoms with Crippen LogP contribution in [-0.4, -0.2) is 38.3 Å². The summed E-state index contributed by atoms with van der Waals surface area (Å²) in [5.74, 6) is 0.724. The van der Waals surface area contributed by atoms with Crippen molar-refractivity contribution >= 4 is 18.3 Å². The van der Waals surface area contributed by atoms with Crippen molar-refractivity contribution < 1.29 is 9.53 Å². The Hall–Kier alpha value is -0.320. The Labute approximate surface area is 110 Å². The lowest BCUT2D eigenvalue weighted by atomic mass is 9.96. The smallest absolute Gasteiger partial charge is 0.248 e. The number of piperidine rings is 1. The van der Waals surface area contributed by atoms with Gasteiger partial charge in [-0.15, -0.1) is 12.4 Å². The van der Waals surface area contributed by atoms with Crippen LogP contribution in [0.15, 0.2) is 0 Å². The van der Waals surface area contributed by atoms with Gasteiger partial charge in [0.05, 0.1) is 0 Å². The molecule has 0 aromatic carbocycles. The zero-order valence-corrected chi connectivity index (χ0v) is 11.6. The SMILES string of the molecule is CCOC(C)C(=O)NCCC1CCCNC1.Cl. The van der Waals surface area contributed by atoms with Gasteiger partial charge in [0.2, 0.25) is 5.91 Å². The minimum Gasteiger partial charge on any atom is -0.369 e. The fourth-order valence-corrected chi connectivity index (χ4v) is 2.04. The van der Waals surface area contributed by atoms with Crippen LogP contribution in [0.5, 0.6) is 0 Å². The second kappa shape index (κ2) is 9.68. The molecule has 1 saturated heterocycles. The second-order valence-corrected chi connectivity index (χ2v) is 4.39. The van der Waals surface area contributed by atoms with E-state index in [1.807, 2.05) is 6.92 Å². The topological polar surface area (TPSA) is 50.4 Å². The number of ether oxygens (including phenoxy) is 1. The highest BCUT2D eigenvalue weighted by molar-refractivity contribution is 5.85. The first-order chi connectivity index (χ1) is 7.74. The molecule has 2 atom stereocenters. The lowest BCUT2D eigenvalue weighted by Gasteiger charge is -2.23. The summed E-state index contributed by atoms with van der Waals surface area (Å²) >= 11 is 0. The average Bonchev–Trinajstić information content (AvgIpc) is 2.30. The lowest BCUT2D eigenvalue weighted by molar-refractivity contribution is -0.131. The molecule has 4 nitrogen and oxygen atoms in total. The van der Waals surface area contributed by atoms with Crippen molar-refractivity contribution in [3.8, 4) is 0 Å². The molecule has 0 aliphatic carbocycles. The quantitative estimate of drug-likeness (QED) is 0.761. The molecule has 0 spiro atoms. The van der Waals surface area contributed by atoms with Crippen LogP contribution < -0.4 is 10.6 Å². The van der Waals surface area contributed by atoms with E-state index in [-0.39, 0.29) is 24.4 Å². The average molecular weight is 265 g/mol. The summed E-state index contributed by atoms with van der Waals surface area (Å²) in [7, 11) is 0. The van der Waals surface area contributed by atoms with Gasteiger partial charge in [-0.3, -0.25) is 4.79 Å². The maximum Gasteiger partial charge on any atom is 0.248 e. The molecule has 0 saturated carbocycles. The molecule has 102 valence electrons. The number of carbonyl (C=O) groups excluding carboxylic acids is 1. The maximum absolute atomic E-state index is 11.5. The molecule has 1 heterocycles. The normalized spacial score (nSPS) is 21.4. The molecular formula is C12H25ClN2O2. The first kappa shape index (κ1) is 16.7. The maximum atomic E-state index is 11.5. The number of nitrogens with one attached hydrogen (secondary N) is 2. The van der Waals surface area contributed by atoms with Gasteiger partial charge in [-0.25, -0.2) is 0 Å². The third-order valence-corrected chi connectivity index (χ3v) is 3.04. The zero-order chi connectivity index (χ0) is 11.8. The summed E-state index contributed by atoms with van der Waals surface area (Å²) in [6, 6.07) is 0. The van der Waals surface area contributed by atoms with Crippen molar-refractivity contribution in [1.29, 1.82) is 0 Å². The standard InChI is InChI=1S/C12H24N2O2.ClH/c1-3-16-10(2)12(15)14-8-6-11-5-4-7-13-9-11;/h10-11,13H,3-9H2,1-2H3,(H,14,15);1H. The van der Waals surface area contributed by atoms with Gasteiger partial charge >= 0.3 is 0 Å². The number of amides is 1. The highest BCUT2D eigenvalue weighted by Gasteiger charge is 2.15. The molecule has 17 heavy (non-hydrogen) atoms. The van der Waals surface area contributed by atoms with Crippen LogP contribution in [0.1, 0.15) is 33.1 Å². The summed E-state index contributed by atoms with van der Waals surface area (Å²) in [5, 5.41) is 6.30. The van der Waals surface area contributed by atoms with Crippen molar-refractivity contribution in [3.63, 3.8) is 0 Å². The van der Waals surface area contributed by atoms with Crippen LogP contribution in [0.2, 0.25) is 0 Å². The molecule has 0 aromatic heterocycles. The first-order valence-corrected chi connectivity index (χ1v) is 6.34. The first-order valence-electron chi connectivity index (χ1n) is 6.34. The molecule has 1 aliphatic heterocycles. The fraction of sp³-hybridized carbons (Fsp3) is 0.917. The molecule has 5 heteroatoms. The van der Waals surface area contributed by atoms with Crippen molar-refractivity contribution in [2.24, 2.45) is 5.92 Å². The highest BCUT2D eigenvalue weighted by atomic mass is 35.5.